The van der Waals surface area contributed by atoms with Crippen LogP contribution < -0.4 is 4.72 Å². The quantitative estimate of drug-likeness (QED) is 0.702. The molecule has 1 heterocycles. The Morgan fingerprint density at radius 2 is 1.84 bits per heavy atom. The molecule has 0 fully saturated rings. The van der Waals surface area contributed by atoms with Crippen molar-refractivity contribution in [3.05, 3.63) is 47.5 Å². The van der Waals surface area contributed by atoms with Crippen LogP contribution in [0.25, 0.3) is 22.0 Å². The SMILES string of the molecule is O=S(=O)(CC(F)(F)F)Nc1n[nH]c2cc(Cl)c(-c3ccccc3)cc12. The van der Waals surface area contributed by atoms with Crippen LogP contribution in [0.5, 0.6) is 0 Å². The van der Waals surface area contributed by atoms with Gasteiger partial charge in [0.2, 0.25) is 10.0 Å². The van der Waals surface area contributed by atoms with Crippen LogP contribution in [0.4, 0.5) is 19.0 Å². The summed E-state index contributed by atoms with van der Waals surface area (Å²) in [6.07, 6.45) is -4.85. The van der Waals surface area contributed by atoms with Gasteiger partial charge in [-0.25, -0.2) is 8.42 Å². The third-order valence-corrected chi connectivity index (χ3v) is 4.87. The average molecular weight is 390 g/mol. The molecule has 0 bridgehead atoms. The number of alkyl halides is 3. The monoisotopic (exact) mass is 389 g/mol. The van der Waals surface area contributed by atoms with E-state index in [1.165, 1.54) is 6.07 Å². The van der Waals surface area contributed by atoms with E-state index in [0.717, 1.165) is 5.56 Å². The molecule has 3 rings (SSSR count). The molecule has 0 unspecified atom stereocenters. The molecular weight excluding hydrogens is 379 g/mol. The molecule has 0 aliphatic heterocycles. The highest BCUT2D eigenvalue weighted by Crippen LogP contribution is 2.34. The number of anilines is 1. The lowest BCUT2D eigenvalue weighted by Gasteiger charge is -2.09. The number of hydrogen-bond acceptors (Lipinski definition) is 3. The van der Waals surface area contributed by atoms with E-state index in [1.54, 1.807) is 30.3 Å². The Labute approximate surface area is 145 Å². The summed E-state index contributed by atoms with van der Waals surface area (Å²) < 4.78 is 62.3. The van der Waals surface area contributed by atoms with Gasteiger partial charge < -0.3 is 0 Å². The van der Waals surface area contributed by atoms with Gasteiger partial charge in [0.05, 0.1) is 10.5 Å². The fourth-order valence-electron chi connectivity index (χ4n) is 2.35. The van der Waals surface area contributed by atoms with E-state index in [0.29, 0.717) is 21.5 Å². The second-order valence-electron chi connectivity index (χ2n) is 5.29. The zero-order chi connectivity index (χ0) is 18.2. The predicted octanol–water partition coefficient (Wildman–Crippen LogP) is 4.19. The second kappa shape index (κ2) is 6.23. The summed E-state index contributed by atoms with van der Waals surface area (Å²) in [6, 6.07) is 12.2. The number of halogens is 4. The Kier molecular flexibility index (Phi) is 4.38. The maximum atomic E-state index is 12.4. The van der Waals surface area contributed by atoms with E-state index >= 15 is 0 Å². The molecule has 3 aromatic rings. The lowest BCUT2D eigenvalue weighted by Crippen LogP contribution is -2.28. The number of H-pyrrole nitrogens is 1. The number of hydrogen-bond donors (Lipinski definition) is 2. The summed E-state index contributed by atoms with van der Waals surface area (Å²) in [6.45, 7) is 0. The number of benzene rings is 2. The third-order valence-electron chi connectivity index (χ3n) is 3.34. The molecule has 0 radical (unpaired) electrons. The summed E-state index contributed by atoms with van der Waals surface area (Å²) in [5, 5.41) is 7.00. The lowest BCUT2D eigenvalue weighted by molar-refractivity contribution is -0.106. The summed E-state index contributed by atoms with van der Waals surface area (Å²) in [5.74, 6) is -2.21. The molecule has 0 aliphatic carbocycles. The van der Waals surface area contributed by atoms with E-state index in [4.69, 9.17) is 11.6 Å². The average Bonchev–Trinajstić information content (AvgIpc) is 2.86. The molecular formula is C15H11ClF3N3O2S. The van der Waals surface area contributed by atoms with Crippen LogP contribution >= 0.6 is 11.6 Å². The summed E-state index contributed by atoms with van der Waals surface area (Å²) in [5.41, 5.74) is 1.78. The minimum Gasteiger partial charge on any atom is -0.276 e. The lowest BCUT2D eigenvalue weighted by atomic mass is 10.0. The fraction of sp³-hybridized carbons (Fsp3) is 0.133. The number of nitrogens with zero attached hydrogens (tertiary/aromatic N) is 1. The first-order valence-corrected chi connectivity index (χ1v) is 8.98. The molecule has 2 aromatic carbocycles. The van der Waals surface area contributed by atoms with Gasteiger partial charge in [-0.15, -0.1) is 0 Å². The maximum absolute atomic E-state index is 12.4. The van der Waals surface area contributed by atoms with Crippen molar-refractivity contribution in [2.45, 2.75) is 6.18 Å². The highest BCUT2D eigenvalue weighted by Gasteiger charge is 2.35. The molecule has 0 aliphatic rings. The molecule has 0 spiro atoms. The minimum atomic E-state index is -4.85. The highest BCUT2D eigenvalue weighted by atomic mass is 35.5. The molecule has 0 saturated heterocycles. The van der Waals surface area contributed by atoms with E-state index in [-0.39, 0.29) is 5.82 Å². The summed E-state index contributed by atoms with van der Waals surface area (Å²) >= 11 is 6.23. The van der Waals surface area contributed by atoms with E-state index < -0.39 is 22.0 Å². The van der Waals surface area contributed by atoms with Crippen LogP contribution in [0.3, 0.4) is 0 Å². The van der Waals surface area contributed by atoms with Crippen molar-refractivity contribution in [3.8, 4) is 11.1 Å². The van der Waals surface area contributed by atoms with Gasteiger partial charge in [0.25, 0.3) is 0 Å². The predicted molar refractivity (Wildman–Crippen MR) is 90.0 cm³/mol. The first-order chi connectivity index (χ1) is 11.6. The minimum absolute atomic E-state index is 0.215. The first kappa shape index (κ1) is 17.6. The summed E-state index contributed by atoms with van der Waals surface area (Å²) in [7, 11) is -4.63. The van der Waals surface area contributed by atoms with E-state index in [1.807, 2.05) is 10.8 Å². The van der Waals surface area contributed by atoms with Crippen LogP contribution in [0.15, 0.2) is 42.5 Å². The van der Waals surface area contributed by atoms with Gasteiger partial charge in [-0.3, -0.25) is 9.82 Å². The van der Waals surface area contributed by atoms with Crippen LogP contribution in [0, 0.1) is 0 Å². The van der Waals surface area contributed by atoms with Gasteiger partial charge in [-0.1, -0.05) is 41.9 Å². The number of nitrogens with one attached hydrogen (secondary N) is 2. The molecule has 2 N–H and O–H groups in total. The summed E-state index contributed by atoms with van der Waals surface area (Å²) in [4.78, 5) is 0. The van der Waals surface area contributed by atoms with Crippen LogP contribution in [0.2, 0.25) is 5.02 Å². The van der Waals surface area contributed by atoms with Crippen molar-refractivity contribution in [2.24, 2.45) is 0 Å². The molecule has 10 heteroatoms. The first-order valence-electron chi connectivity index (χ1n) is 6.95. The maximum Gasteiger partial charge on any atom is 0.404 e. The molecule has 0 amide bonds. The molecule has 0 saturated carbocycles. The van der Waals surface area contributed by atoms with Gasteiger partial charge in [0.1, 0.15) is 0 Å². The molecule has 1 aromatic heterocycles. The number of sulfonamides is 1. The zero-order valence-corrected chi connectivity index (χ0v) is 14.0. The number of aromatic nitrogens is 2. The number of fused-ring (bicyclic) bond motifs is 1. The number of rotatable bonds is 4. The van der Waals surface area contributed by atoms with Gasteiger partial charge in [0.15, 0.2) is 11.6 Å². The smallest absolute Gasteiger partial charge is 0.276 e. The van der Waals surface area contributed by atoms with Crippen molar-refractivity contribution in [2.75, 3.05) is 10.5 Å². The van der Waals surface area contributed by atoms with Crippen LogP contribution in [-0.2, 0) is 10.0 Å². The molecule has 25 heavy (non-hydrogen) atoms. The normalized spacial score (nSPS) is 12.5. The van der Waals surface area contributed by atoms with Gasteiger partial charge in [-0.2, -0.15) is 18.3 Å². The van der Waals surface area contributed by atoms with Crippen LogP contribution in [0.1, 0.15) is 0 Å². The van der Waals surface area contributed by atoms with Crippen molar-refractivity contribution < 1.29 is 21.6 Å². The Morgan fingerprint density at radius 3 is 2.48 bits per heavy atom. The number of aromatic amines is 1. The molecule has 132 valence electrons. The second-order valence-corrected chi connectivity index (χ2v) is 7.42. The van der Waals surface area contributed by atoms with Crippen molar-refractivity contribution in [1.82, 2.24) is 10.2 Å². The zero-order valence-electron chi connectivity index (χ0n) is 12.4. The van der Waals surface area contributed by atoms with Crippen LogP contribution in [-0.4, -0.2) is 30.5 Å². The third kappa shape index (κ3) is 4.05. The van der Waals surface area contributed by atoms with E-state index in [9.17, 15) is 21.6 Å². The van der Waals surface area contributed by atoms with E-state index in [2.05, 4.69) is 10.2 Å². The topological polar surface area (TPSA) is 74.8 Å². The highest BCUT2D eigenvalue weighted by molar-refractivity contribution is 7.92. The molecule has 0 atom stereocenters. The fourth-order valence-corrected chi connectivity index (χ4v) is 3.58. The van der Waals surface area contributed by atoms with Gasteiger partial charge in [0, 0.05) is 10.9 Å². The Hall–Kier alpha value is -2.26. The Bertz CT molecular complexity index is 1020. The van der Waals surface area contributed by atoms with Crippen molar-refractivity contribution in [1.29, 1.82) is 0 Å². The largest absolute Gasteiger partial charge is 0.404 e. The standard InChI is InChI=1S/C15H11ClF3N3O2S/c16-12-7-13-11(6-10(12)9-4-2-1-3-5-9)14(21-20-13)22-25(23,24)8-15(17,18)19/h1-7H,8H2,(H2,20,21,22). The molecule has 5 nitrogen and oxygen atoms in total. The van der Waals surface area contributed by atoms with Crippen molar-refractivity contribution in [3.63, 3.8) is 0 Å². The Balaban J connectivity index is 2.04. The van der Waals surface area contributed by atoms with Gasteiger partial charge >= 0.3 is 6.18 Å². The van der Waals surface area contributed by atoms with Crippen molar-refractivity contribution >= 4 is 38.3 Å². The van der Waals surface area contributed by atoms with Gasteiger partial charge in [-0.05, 0) is 17.7 Å². The Morgan fingerprint density at radius 1 is 1.16 bits per heavy atom.